The Morgan fingerprint density at radius 2 is 1.73 bits per heavy atom. The molecular weight excluding hydrogens is 345 g/mol. The third-order valence-electron chi connectivity index (χ3n) is 2.83. The number of benzene rings is 2. The highest BCUT2D eigenvalue weighted by atomic mass is 35.5. The molecule has 3 nitrogen and oxygen atoms in total. The summed E-state index contributed by atoms with van der Waals surface area (Å²) in [6, 6.07) is 11.8. The minimum Gasteiger partial charge on any atom is -0.391 e. The molecule has 2 aromatic rings. The average molecular weight is 357 g/mol. The van der Waals surface area contributed by atoms with Crippen molar-refractivity contribution in [3.05, 3.63) is 68.7 Å². The van der Waals surface area contributed by atoms with Gasteiger partial charge in [0.15, 0.2) is 5.78 Å². The van der Waals surface area contributed by atoms with E-state index >= 15 is 0 Å². The zero-order valence-electron chi connectivity index (χ0n) is 11.4. The van der Waals surface area contributed by atoms with Gasteiger partial charge < -0.3 is 4.84 Å². The molecule has 6 heteroatoms. The van der Waals surface area contributed by atoms with Crippen LogP contribution in [0.5, 0.6) is 0 Å². The summed E-state index contributed by atoms with van der Waals surface area (Å²) >= 11 is 17.6. The lowest BCUT2D eigenvalue weighted by molar-refractivity contribution is 0.0996. The van der Waals surface area contributed by atoms with Crippen molar-refractivity contribution in [2.24, 2.45) is 5.16 Å². The van der Waals surface area contributed by atoms with Crippen LogP contribution < -0.4 is 0 Å². The van der Waals surface area contributed by atoms with Gasteiger partial charge in [-0.1, -0.05) is 46.0 Å². The molecule has 22 heavy (non-hydrogen) atoms. The predicted molar refractivity (Wildman–Crippen MR) is 90.1 cm³/mol. The molecule has 0 saturated carbocycles. The fraction of sp³-hybridized carbons (Fsp3) is 0.125. The van der Waals surface area contributed by atoms with Gasteiger partial charge in [-0.15, -0.1) is 0 Å². The molecule has 0 aliphatic heterocycles. The van der Waals surface area contributed by atoms with Crippen molar-refractivity contribution in [3.8, 4) is 0 Å². The van der Waals surface area contributed by atoms with Crippen LogP contribution >= 0.6 is 34.8 Å². The maximum atomic E-state index is 11.9. The molecule has 0 unspecified atom stereocenters. The fourth-order valence-corrected chi connectivity index (χ4v) is 2.26. The van der Waals surface area contributed by atoms with Gasteiger partial charge in [0.25, 0.3) is 0 Å². The molecule has 0 heterocycles. The average Bonchev–Trinajstić information content (AvgIpc) is 2.49. The van der Waals surface area contributed by atoms with Gasteiger partial charge >= 0.3 is 0 Å². The van der Waals surface area contributed by atoms with Gasteiger partial charge in [0.2, 0.25) is 0 Å². The first-order chi connectivity index (χ1) is 10.6. The van der Waals surface area contributed by atoms with E-state index in [4.69, 9.17) is 39.6 Å². The highest BCUT2D eigenvalue weighted by Crippen LogP contribution is 2.21. The summed E-state index contributed by atoms with van der Waals surface area (Å²) in [5.41, 5.74) is 1.35. The SMILES string of the molecule is O=C(C/C=N\OCc1ccc(Cl)cc1Cl)c1ccc(Cl)cc1. The largest absolute Gasteiger partial charge is 0.391 e. The quantitative estimate of drug-likeness (QED) is 0.393. The van der Waals surface area contributed by atoms with Crippen LogP contribution in [0, 0.1) is 0 Å². The number of hydrogen-bond donors (Lipinski definition) is 0. The number of rotatable bonds is 6. The van der Waals surface area contributed by atoms with Crippen LogP contribution in [0.15, 0.2) is 47.6 Å². The van der Waals surface area contributed by atoms with Crippen molar-refractivity contribution in [1.82, 2.24) is 0 Å². The molecule has 0 N–H and O–H groups in total. The lowest BCUT2D eigenvalue weighted by atomic mass is 10.1. The number of Topliss-reactive ketones (excluding diaryl/α,β-unsaturated/α-hetero) is 1. The van der Waals surface area contributed by atoms with E-state index in [0.29, 0.717) is 20.6 Å². The monoisotopic (exact) mass is 355 g/mol. The van der Waals surface area contributed by atoms with Crippen LogP contribution in [0.4, 0.5) is 0 Å². The molecular formula is C16H12Cl3NO2. The van der Waals surface area contributed by atoms with Gasteiger partial charge in [-0.05, 0) is 36.4 Å². The number of oxime groups is 1. The summed E-state index contributed by atoms with van der Waals surface area (Å²) in [6.45, 7) is 0.210. The van der Waals surface area contributed by atoms with Gasteiger partial charge in [0.05, 0.1) is 6.21 Å². The van der Waals surface area contributed by atoms with Gasteiger partial charge in [0.1, 0.15) is 6.61 Å². The maximum absolute atomic E-state index is 11.9. The summed E-state index contributed by atoms with van der Waals surface area (Å²) in [6.07, 6.45) is 1.57. The van der Waals surface area contributed by atoms with Crippen LogP contribution in [0.25, 0.3) is 0 Å². The molecule has 0 amide bonds. The Kier molecular flexibility index (Phi) is 6.25. The van der Waals surface area contributed by atoms with Gasteiger partial charge in [0, 0.05) is 32.6 Å². The first-order valence-electron chi connectivity index (χ1n) is 6.43. The lowest BCUT2D eigenvalue weighted by Crippen LogP contribution is -1.99. The second-order valence-corrected chi connectivity index (χ2v) is 5.71. The Balaban J connectivity index is 1.80. The molecule has 0 bridgehead atoms. The smallest absolute Gasteiger partial charge is 0.168 e. The van der Waals surface area contributed by atoms with Crippen molar-refractivity contribution in [1.29, 1.82) is 0 Å². The normalized spacial score (nSPS) is 10.9. The van der Waals surface area contributed by atoms with E-state index < -0.39 is 0 Å². The van der Waals surface area contributed by atoms with Crippen molar-refractivity contribution < 1.29 is 9.63 Å². The first-order valence-corrected chi connectivity index (χ1v) is 7.56. The van der Waals surface area contributed by atoms with E-state index in [1.54, 1.807) is 42.5 Å². The van der Waals surface area contributed by atoms with E-state index in [1.165, 1.54) is 6.21 Å². The van der Waals surface area contributed by atoms with Crippen LogP contribution in [0.2, 0.25) is 15.1 Å². The summed E-state index contributed by atoms with van der Waals surface area (Å²) in [4.78, 5) is 17.0. The Morgan fingerprint density at radius 1 is 1.05 bits per heavy atom. The molecule has 0 radical (unpaired) electrons. The van der Waals surface area contributed by atoms with Gasteiger partial charge in [-0.3, -0.25) is 4.79 Å². The summed E-state index contributed by atoms with van der Waals surface area (Å²) in [5, 5.41) is 5.42. The highest BCUT2D eigenvalue weighted by molar-refractivity contribution is 6.35. The van der Waals surface area contributed by atoms with Crippen LogP contribution in [-0.4, -0.2) is 12.0 Å². The Bertz CT molecular complexity index is 684. The predicted octanol–water partition coefficient (Wildman–Crippen LogP) is 5.42. The molecule has 0 atom stereocenters. The molecule has 0 saturated heterocycles. The fourth-order valence-electron chi connectivity index (χ4n) is 1.67. The highest BCUT2D eigenvalue weighted by Gasteiger charge is 2.04. The number of carbonyl (C=O) groups excluding carboxylic acids is 1. The Morgan fingerprint density at radius 3 is 2.41 bits per heavy atom. The third-order valence-corrected chi connectivity index (χ3v) is 3.67. The number of hydrogen-bond acceptors (Lipinski definition) is 3. The minimum atomic E-state index is -0.0615. The molecule has 0 spiro atoms. The Labute approximate surface area is 143 Å². The lowest BCUT2D eigenvalue weighted by Gasteiger charge is -2.03. The molecule has 0 fully saturated rings. The van der Waals surface area contributed by atoms with Gasteiger partial charge in [-0.25, -0.2) is 0 Å². The van der Waals surface area contributed by atoms with Crippen molar-refractivity contribution in [2.75, 3.05) is 0 Å². The van der Waals surface area contributed by atoms with Crippen molar-refractivity contribution in [2.45, 2.75) is 13.0 Å². The van der Waals surface area contributed by atoms with Crippen LogP contribution in [0.3, 0.4) is 0 Å². The molecule has 2 rings (SSSR count). The molecule has 2 aromatic carbocycles. The second-order valence-electron chi connectivity index (χ2n) is 4.43. The maximum Gasteiger partial charge on any atom is 0.168 e. The van der Waals surface area contributed by atoms with Crippen molar-refractivity contribution in [3.63, 3.8) is 0 Å². The van der Waals surface area contributed by atoms with E-state index in [0.717, 1.165) is 5.56 Å². The summed E-state index contributed by atoms with van der Waals surface area (Å²) < 4.78 is 0. The zero-order valence-corrected chi connectivity index (χ0v) is 13.7. The minimum absolute atomic E-state index is 0.0615. The number of ketones is 1. The van der Waals surface area contributed by atoms with E-state index in [2.05, 4.69) is 5.16 Å². The van der Waals surface area contributed by atoms with Gasteiger partial charge in [-0.2, -0.15) is 0 Å². The number of halogens is 3. The van der Waals surface area contributed by atoms with E-state index in [-0.39, 0.29) is 18.8 Å². The Hall–Kier alpha value is -1.55. The second kappa shape index (κ2) is 8.18. The van der Waals surface area contributed by atoms with E-state index in [9.17, 15) is 4.79 Å². The summed E-state index contributed by atoms with van der Waals surface area (Å²) in [7, 11) is 0. The first kappa shape index (κ1) is 16.8. The zero-order chi connectivity index (χ0) is 15.9. The van der Waals surface area contributed by atoms with Crippen LogP contribution in [0.1, 0.15) is 22.3 Å². The van der Waals surface area contributed by atoms with E-state index in [1.807, 2.05) is 0 Å². The van der Waals surface area contributed by atoms with Crippen molar-refractivity contribution >= 4 is 46.8 Å². The standard InChI is InChI=1S/C16H12Cl3NO2/c17-13-4-1-11(2-5-13)16(21)7-8-20-22-10-12-3-6-14(18)9-15(12)19/h1-6,8-9H,7,10H2/b20-8-. The number of carbonyl (C=O) groups is 1. The molecule has 0 aliphatic rings. The molecule has 0 aliphatic carbocycles. The topological polar surface area (TPSA) is 38.7 Å². The molecule has 0 aromatic heterocycles. The number of nitrogens with zero attached hydrogens (tertiary/aromatic N) is 1. The van der Waals surface area contributed by atoms with Crippen LogP contribution in [-0.2, 0) is 11.4 Å². The summed E-state index contributed by atoms with van der Waals surface area (Å²) in [5.74, 6) is -0.0615. The third kappa shape index (κ3) is 5.02. The molecule has 114 valence electrons.